The lowest BCUT2D eigenvalue weighted by molar-refractivity contribution is 0.0650. The Labute approximate surface area is 193 Å². The average molecular weight is 477 g/mol. The SMILES string of the molecule is Cc1ccc(C(=O)C2CCN(C(=O)c3sccc3S(=O)(=O)N3CCOCC3)CC2)c(C)c1. The Hall–Kier alpha value is -2.07. The first-order chi connectivity index (χ1) is 15.3. The summed E-state index contributed by atoms with van der Waals surface area (Å²) in [6, 6.07) is 7.36. The molecule has 2 saturated heterocycles. The van der Waals surface area contributed by atoms with Crippen LogP contribution in [0.5, 0.6) is 0 Å². The number of rotatable bonds is 5. The molecule has 2 aliphatic heterocycles. The standard InChI is InChI=1S/C23H28N2O5S2/c1-16-3-4-19(17(2)15-16)21(26)18-5-8-24(9-6-18)23(27)22-20(7-14-31-22)32(28,29)25-10-12-30-13-11-25/h3-4,7,14-15,18H,5-6,8-13H2,1-2H3. The molecule has 2 aliphatic rings. The second-order valence-corrected chi connectivity index (χ2v) is 11.2. The predicted octanol–water partition coefficient (Wildman–Crippen LogP) is 3.12. The van der Waals surface area contributed by atoms with Gasteiger partial charge in [-0.15, -0.1) is 11.3 Å². The summed E-state index contributed by atoms with van der Waals surface area (Å²) in [5, 5.41) is 1.65. The second kappa shape index (κ2) is 9.43. The van der Waals surface area contributed by atoms with Gasteiger partial charge in [-0.25, -0.2) is 8.42 Å². The van der Waals surface area contributed by atoms with Crippen LogP contribution >= 0.6 is 11.3 Å². The van der Waals surface area contributed by atoms with Crippen LogP contribution in [0, 0.1) is 19.8 Å². The number of Topliss-reactive ketones (excluding diaryl/α,β-unsaturated/α-hetero) is 1. The Morgan fingerprint density at radius 1 is 1.03 bits per heavy atom. The number of likely N-dealkylation sites (tertiary alicyclic amines) is 1. The maximum atomic E-state index is 13.2. The van der Waals surface area contributed by atoms with Crippen molar-refractivity contribution in [3.63, 3.8) is 0 Å². The molecule has 1 aromatic carbocycles. The zero-order valence-corrected chi connectivity index (χ0v) is 20.0. The van der Waals surface area contributed by atoms with Crippen LogP contribution < -0.4 is 0 Å². The van der Waals surface area contributed by atoms with Crippen LogP contribution in [0.2, 0.25) is 0 Å². The van der Waals surface area contributed by atoms with E-state index in [4.69, 9.17) is 4.74 Å². The van der Waals surface area contributed by atoms with Gasteiger partial charge in [-0.3, -0.25) is 9.59 Å². The molecule has 0 spiro atoms. The highest BCUT2D eigenvalue weighted by Gasteiger charge is 2.34. The number of hydrogen-bond donors (Lipinski definition) is 0. The minimum absolute atomic E-state index is 0.0721. The molecule has 0 saturated carbocycles. The van der Waals surface area contributed by atoms with Gasteiger partial charge in [0.2, 0.25) is 10.0 Å². The number of nitrogens with zero attached hydrogens (tertiary/aromatic N) is 2. The first-order valence-corrected chi connectivity index (χ1v) is 13.2. The van der Waals surface area contributed by atoms with Crippen LogP contribution in [0.1, 0.15) is 44.0 Å². The number of sulfonamides is 1. The highest BCUT2D eigenvalue weighted by atomic mass is 32.2. The zero-order valence-electron chi connectivity index (χ0n) is 18.4. The zero-order chi connectivity index (χ0) is 22.9. The molecule has 2 aromatic rings. The van der Waals surface area contributed by atoms with Crippen molar-refractivity contribution in [2.24, 2.45) is 5.92 Å². The van der Waals surface area contributed by atoms with Gasteiger partial charge in [0.15, 0.2) is 5.78 Å². The molecule has 9 heteroatoms. The van der Waals surface area contributed by atoms with E-state index in [9.17, 15) is 18.0 Å². The fourth-order valence-corrected chi connectivity index (χ4v) is 7.15. The molecule has 1 aromatic heterocycles. The molecule has 0 N–H and O–H groups in total. The number of ketones is 1. The monoisotopic (exact) mass is 476 g/mol. The normalized spacial score (nSPS) is 18.6. The summed E-state index contributed by atoms with van der Waals surface area (Å²) in [7, 11) is -3.74. The fourth-order valence-electron chi connectivity index (χ4n) is 4.38. The van der Waals surface area contributed by atoms with Crippen LogP contribution in [-0.2, 0) is 14.8 Å². The van der Waals surface area contributed by atoms with Crippen LogP contribution in [-0.4, -0.2) is 68.7 Å². The minimum atomic E-state index is -3.74. The average Bonchev–Trinajstić information content (AvgIpc) is 3.30. The Morgan fingerprint density at radius 2 is 1.72 bits per heavy atom. The largest absolute Gasteiger partial charge is 0.379 e. The molecular formula is C23H28N2O5S2. The lowest BCUT2D eigenvalue weighted by Gasteiger charge is -2.32. The number of morpholine rings is 1. The van der Waals surface area contributed by atoms with Crippen molar-refractivity contribution in [2.45, 2.75) is 31.6 Å². The first-order valence-electron chi connectivity index (χ1n) is 10.8. The van der Waals surface area contributed by atoms with E-state index in [-0.39, 0.29) is 40.5 Å². The van der Waals surface area contributed by atoms with Gasteiger partial charge in [-0.1, -0.05) is 23.8 Å². The van der Waals surface area contributed by atoms with Crippen molar-refractivity contribution >= 4 is 33.1 Å². The smallest absolute Gasteiger partial charge is 0.265 e. The number of thiophene rings is 1. The fraction of sp³-hybridized carbons (Fsp3) is 0.478. The summed E-state index contributed by atoms with van der Waals surface area (Å²) in [6.07, 6.45) is 1.16. The number of carbonyl (C=O) groups is 2. The summed E-state index contributed by atoms with van der Waals surface area (Å²) in [5.41, 5.74) is 2.85. The lowest BCUT2D eigenvalue weighted by atomic mass is 9.87. The van der Waals surface area contributed by atoms with E-state index < -0.39 is 10.0 Å². The summed E-state index contributed by atoms with van der Waals surface area (Å²) in [4.78, 5) is 28.2. The van der Waals surface area contributed by atoms with Crippen molar-refractivity contribution in [1.29, 1.82) is 0 Å². The number of amides is 1. The minimum Gasteiger partial charge on any atom is -0.379 e. The first kappa shape index (κ1) is 23.1. The summed E-state index contributed by atoms with van der Waals surface area (Å²) in [6.45, 7) is 6.12. The van der Waals surface area contributed by atoms with Gasteiger partial charge in [0.25, 0.3) is 5.91 Å². The number of aryl methyl sites for hydroxylation is 2. The van der Waals surface area contributed by atoms with Crippen molar-refractivity contribution in [3.8, 4) is 0 Å². The number of ether oxygens (including phenoxy) is 1. The number of piperidine rings is 1. The van der Waals surface area contributed by atoms with E-state index in [0.717, 1.165) is 28.0 Å². The van der Waals surface area contributed by atoms with Gasteiger partial charge in [0.1, 0.15) is 9.77 Å². The molecule has 7 nitrogen and oxygen atoms in total. The highest BCUT2D eigenvalue weighted by Crippen LogP contribution is 2.30. The van der Waals surface area contributed by atoms with Gasteiger partial charge in [0, 0.05) is 37.7 Å². The molecule has 2 fully saturated rings. The van der Waals surface area contributed by atoms with E-state index in [1.54, 1.807) is 10.3 Å². The molecule has 4 rings (SSSR count). The number of carbonyl (C=O) groups excluding carboxylic acids is 2. The quantitative estimate of drug-likeness (QED) is 0.619. The third-order valence-corrected chi connectivity index (χ3v) is 9.18. The molecule has 0 aliphatic carbocycles. The third kappa shape index (κ3) is 4.52. The van der Waals surface area contributed by atoms with Crippen molar-refractivity contribution < 1.29 is 22.7 Å². The Kier molecular flexibility index (Phi) is 6.80. The Bertz CT molecular complexity index is 1110. The van der Waals surface area contributed by atoms with Crippen LogP contribution in [0.25, 0.3) is 0 Å². The molecule has 0 unspecified atom stereocenters. The maximum Gasteiger partial charge on any atom is 0.265 e. The number of hydrogen-bond acceptors (Lipinski definition) is 6. The molecule has 3 heterocycles. The van der Waals surface area contributed by atoms with E-state index >= 15 is 0 Å². The summed E-state index contributed by atoms with van der Waals surface area (Å²) >= 11 is 1.15. The maximum absolute atomic E-state index is 13.2. The van der Waals surface area contributed by atoms with Crippen LogP contribution in [0.15, 0.2) is 34.5 Å². The van der Waals surface area contributed by atoms with E-state index in [1.165, 1.54) is 10.4 Å². The molecule has 1 amide bonds. The Morgan fingerprint density at radius 3 is 2.38 bits per heavy atom. The van der Waals surface area contributed by atoms with E-state index in [2.05, 4.69) is 0 Å². The highest BCUT2D eigenvalue weighted by molar-refractivity contribution is 7.89. The molecule has 0 bridgehead atoms. The molecule has 0 atom stereocenters. The predicted molar refractivity (Wildman–Crippen MR) is 123 cm³/mol. The molecular weight excluding hydrogens is 448 g/mol. The van der Waals surface area contributed by atoms with E-state index in [0.29, 0.717) is 39.1 Å². The number of benzene rings is 1. The summed E-state index contributed by atoms with van der Waals surface area (Å²) < 4.78 is 32.8. The molecule has 172 valence electrons. The second-order valence-electron chi connectivity index (χ2n) is 8.38. The molecule has 32 heavy (non-hydrogen) atoms. The van der Waals surface area contributed by atoms with Gasteiger partial charge in [-0.2, -0.15) is 4.31 Å². The van der Waals surface area contributed by atoms with Gasteiger partial charge in [0.05, 0.1) is 13.2 Å². The summed E-state index contributed by atoms with van der Waals surface area (Å²) in [5.74, 6) is -0.272. The van der Waals surface area contributed by atoms with Crippen molar-refractivity contribution in [1.82, 2.24) is 9.21 Å². The van der Waals surface area contributed by atoms with Crippen LogP contribution in [0.3, 0.4) is 0 Å². The van der Waals surface area contributed by atoms with Gasteiger partial charge >= 0.3 is 0 Å². The van der Waals surface area contributed by atoms with Gasteiger partial charge < -0.3 is 9.64 Å². The lowest BCUT2D eigenvalue weighted by Crippen LogP contribution is -2.42. The van der Waals surface area contributed by atoms with E-state index in [1.807, 2.05) is 32.0 Å². The van der Waals surface area contributed by atoms with Crippen molar-refractivity contribution in [3.05, 3.63) is 51.2 Å². The van der Waals surface area contributed by atoms with Gasteiger partial charge in [-0.05, 0) is 43.7 Å². The topological polar surface area (TPSA) is 84.0 Å². The Balaban J connectivity index is 1.44. The van der Waals surface area contributed by atoms with Crippen molar-refractivity contribution in [2.75, 3.05) is 39.4 Å². The molecule has 0 radical (unpaired) electrons. The third-order valence-electron chi connectivity index (χ3n) is 6.21. The van der Waals surface area contributed by atoms with Crippen LogP contribution in [0.4, 0.5) is 0 Å².